The molecule has 116 valence electrons. The zero-order valence-electron chi connectivity index (χ0n) is 13.0. The molecule has 1 aliphatic rings. The summed E-state index contributed by atoms with van der Waals surface area (Å²) >= 11 is 0. The van der Waals surface area contributed by atoms with Crippen molar-refractivity contribution in [1.82, 2.24) is 5.32 Å². The first-order chi connectivity index (χ1) is 9.98. The Labute approximate surface area is 127 Å². The fourth-order valence-electron chi connectivity index (χ4n) is 2.96. The monoisotopic (exact) mass is 290 g/mol. The molecule has 1 aromatic carbocycles. The smallest absolute Gasteiger partial charge is 0.258 e. The van der Waals surface area contributed by atoms with Crippen LogP contribution in [0.25, 0.3) is 0 Å². The van der Waals surface area contributed by atoms with Crippen LogP contribution in [-0.4, -0.2) is 18.6 Å². The van der Waals surface area contributed by atoms with Crippen molar-refractivity contribution in [3.63, 3.8) is 0 Å². The summed E-state index contributed by atoms with van der Waals surface area (Å²) in [5.41, 5.74) is 6.92. The predicted molar refractivity (Wildman–Crippen MR) is 84.0 cm³/mol. The van der Waals surface area contributed by atoms with Crippen LogP contribution in [0.4, 0.5) is 0 Å². The average Bonchev–Trinajstić information content (AvgIpc) is 2.44. The van der Waals surface area contributed by atoms with E-state index in [2.05, 4.69) is 19.2 Å². The Morgan fingerprint density at radius 3 is 2.71 bits per heavy atom. The fourth-order valence-corrected chi connectivity index (χ4v) is 2.96. The normalized spacial score (nSPS) is 20.8. The standard InChI is InChI=1S/C17H26N2O2/c1-17(2)9-3-4-14(10-17)19-16(20)12-21-15-7-5-13(11-18)6-8-15/h5-8,14H,3-4,9-12,18H2,1-2H3,(H,19,20). The highest BCUT2D eigenvalue weighted by atomic mass is 16.5. The molecule has 0 radical (unpaired) electrons. The van der Waals surface area contributed by atoms with Gasteiger partial charge < -0.3 is 15.8 Å². The van der Waals surface area contributed by atoms with Crippen molar-refractivity contribution in [2.75, 3.05) is 6.61 Å². The Balaban J connectivity index is 1.76. The largest absolute Gasteiger partial charge is 0.484 e. The molecule has 4 nitrogen and oxygen atoms in total. The first-order valence-corrected chi connectivity index (χ1v) is 7.70. The first-order valence-electron chi connectivity index (χ1n) is 7.70. The van der Waals surface area contributed by atoms with E-state index in [-0.39, 0.29) is 18.6 Å². The van der Waals surface area contributed by atoms with Crippen LogP contribution in [0, 0.1) is 5.41 Å². The minimum absolute atomic E-state index is 0.0411. The molecular formula is C17H26N2O2. The summed E-state index contributed by atoms with van der Waals surface area (Å²) < 4.78 is 5.51. The van der Waals surface area contributed by atoms with Crippen LogP contribution in [0.3, 0.4) is 0 Å². The summed E-state index contributed by atoms with van der Waals surface area (Å²) in [7, 11) is 0. The lowest BCUT2D eigenvalue weighted by atomic mass is 9.75. The summed E-state index contributed by atoms with van der Waals surface area (Å²) in [6.45, 7) is 5.11. The van der Waals surface area contributed by atoms with Crippen molar-refractivity contribution in [2.24, 2.45) is 11.1 Å². The molecule has 0 saturated heterocycles. The minimum Gasteiger partial charge on any atom is -0.484 e. The Hall–Kier alpha value is -1.55. The summed E-state index contributed by atoms with van der Waals surface area (Å²) in [5, 5.41) is 3.08. The van der Waals surface area contributed by atoms with Crippen LogP contribution in [0.15, 0.2) is 24.3 Å². The van der Waals surface area contributed by atoms with Gasteiger partial charge in [-0.25, -0.2) is 0 Å². The number of hydrogen-bond acceptors (Lipinski definition) is 3. The Morgan fingerprint density at radius 1 is 1.38 bits per heavy atom. The highest BCUT2D eigenvalue weighted by Crippen LogP contribution is 2.34. The second-order valence-electron chi connectivity index (χ2n) is 6.66. The van der Waals surface area contributed by atoms with Crippen LogP contribution >= 0.6 is 0 Å². The Bertz CT molecular complexity index is 468. The van der Waals surface area contributed by atoms with Gasteiger partial charge in [0.1, 0.15) is 5.75 Å². The SMILES string of the molecule is CC1(C)CCCC(NC(=O)COc2ccc(CN)cc2)C1. The van der Waals surface area contributed by atoms with Gasteiger partial charge in [-0.3, -0.25) is 4.79 Å². The molecule has 1 unspecified atom stereocenters. The second-order valence-corrected chi connectivity index (χ2v) is 6.66. The maximum atomic E-state index is 12.0. The number of ether oxygens (including phenoxy) is 1. The van der Waals surface area contributed by atoms with Crippen molar-refractivity contribution in [3.05, 3.63) is 29.8 Å². The van der Waals surface area contributed by atoms with Gasteiger partial charge in [-0.2, -0.15) is 0 Å². The molecule has 4 heteroatoms. The van der Waals surface area contributed by atoms with E-state index in [0.717, 1.165) is 18.4 Å². The zero-order chi connectivity index (χ0) is 15.3. The fraction of sp³-hybridized carbons (Fsp3) is 0.588. The quantitative estimate of drug-likeness (QED) is 0.876. The van der Waals surface area contributed by atoms with Gasteiger partial charge in [-0.1, -0.05) is 32.4 Å². The highest BCUT2D eigenvalue weighted by Gasteiger charge is 2.28. The van der Waals surface area contributed by atoms with Crippen molar-refractivity contribution in [1.29, 1.82) is 0 Å². The summed E-state index contributed by atoms with van der Waals surface area (Å²) in [4.78, 5) is 12.0. The summed E-state index contributed by atoms with van der Waals surface area (Å²) in [6, 6.07) is 7.80. The third kappa shape index (κ3) is 5.05. The maximum absolute atomic E-state index is 12.0. The van der Waals surface area contributed by atoms with Gasteiger partial charge >= 0.3 is 0 Å². The van der Waals surface area contributed by atoms with E-state index >= 15 is 0 Å². The topological polar surface area (TPSA) is 64.3 Å². The van der Waals surface area contributed by atoms with E-state index in [1.165, 1.54) is 12.8 Å². The number of nitrogens with one attached hydrogen (secondary N) is 1. The lowest BCUT2D eigenvalue weighted by Gasteiger charge is -2.35. The number of benzene rings is 1. The summed E-state index contributed by atoms with van der Waals surface area (Å²) in [6.07, 6.45) is 4.53. The average molecular weight is 290 g/mol. The van der Waals surface area contributed by atoms with Crippen LogP contribution in [0.2, 0.25) is 0 Å². The molecule has 0 aromatic heterocycles. The Kier molecular flexibility index (Phi) is 5.23. The third-order valence-electron chi connectivity index (χ3n) is 4.10. The molecule has 1 aliphatic carbocycles. The van der Waals surface area contributed by atoms with Crippen molar-refractivity contribution >= 4 is 5.91 Å². The molecule has 0 aliphatic heterocycles. The predicted octanol–water partition coefficient (Wildman–Crippen LogP) is 2.61. The zero-order valence-corrected chi connectivity index (χ0v) is 13.0. The number of rotatable bonds is 5. The number of hydrogen-bond donors (Lipinski definition) is 2. The highest BCUT2D eigenvalue weighted by molar-refractivity contribution is 5.77. The molecule has 1 saturated carbocycles. The van der Waals surface area contributed by atoms with E-state index in [9.17, 15) is 4.79 Å². The molecule has 1 amide bonds. The lowest BCUT2D eigenvalue weighted by molar-refractivity contribution is -0.124. The van der Waals surface area contributed by atoms with E-state index in [1.807, 2.05) is 24.3 Å². The molecular weight excluding hydrogens is 264 g/mol. The van der Waals surface area contributed by atoms with Gasteiger partial charge in [0.25, 0.3) is 5.91 Å². The van der Waals surface area contributed by atoms with Crippen LogP contribution in [-0.2, 0) is 11.3 Å². The van der Waals surface area contributed by atoms with E-state index < -0.39 is 0 Å². The maximum Gasteiger partial charge on any atom is 0.258 e. The molecule has 1 fully saturated rings. The van der Waals surface area contributed by atoms with Crippen LogP contribution in [0.5, 0.6) is 5.75 Å². The van der Waals surface area contributed by atoms with Crippen molar-refractivity contribution in [3.8, 4) is 5.75 Å². The Morgan fingerprint density at radius 2 is 2.10 bits per heavy atom. The number of amides is 1. The number of carbonyl (C=O) groups is 1. The van der Waals surface area contributed by atoms with Crippen LogP contribution in [0.1, 0.15) is 45.1 Å². The van der Waals surface area contributed by atoms with Gasteiger partial charge in [0.2, 0.25) is 0 Å². The molecule has 3 N–H and O–H groups in total. The van der Waals surface area contributed by atoms with Gasteiger partial charge in [0.05, 0.1) is 0 Å². The van der Waals surface area contributed by atoms with Gasteiger partial charge in [0.15, 0.2) is 6.61 Å². The van der Waals surface area contributed by atoms with Gasteiger partial charge in [-0.15, -0.1) is 0 Å². The lowest BCUT2D eigenvalue weighted by Crippen LogP contribution is -2.42. The molecule has 0 spiro atoms. The third-order valence-corrected chi connectivity index (χ3v) is 4.10. The molecule has 0 heterocycles. The minimum atomic E-state index is -0.0411. The second kappa shape index (κ2) is 6.94. The van der Waals surface area contributed by atoms with Gasteiger partial charge in [0, 0.05) is 12.6 Å². The molecule has 1 atom stereocenters. The molecule has 1 aromatic rings. The molecule has 0 bridgehead atoms. The molecule has 2 rings (SSSR count). The van der Waals surface area contributed by atoms with E-state index in [1.54, 1.807) is 0 Å². The van der Waals surface area contributed by atoms with E-state index in [4.69, 9.17) is 10.5 Å². The van der Waals surface area contributed by atoms with Crippen molar-refractivity contribution in [2.45, 2.75) is 52.1 Å². The van der Waals surface area contributed by atoms with Crippen molar-refractivity contribution < 1.29 is 9.53 Å². The number of carbonyl (C=O) groups excluding carboxylic acids is 1. The van der Waals surface area contributed by atoms with Crippen LogP contribution < -0.4 is 15.8 Å². The summed E-state index contributed by atoms with van der Waals surface area (Å²) in [5.74, 6) is 0.659. The van der Waals surface area contributed by atoms with E-state index in [0.29, 0.717) is 17.7 Å². The molecule has 21 heavy (non-hydrogen) atoms. The van der Waals surface area contributed by atoms with Gasteiger partial charge in [-0.05, 0) is 42.4 Å². The number of nitrogens with two attached hydrogens (primary N) is 1. The first kappa shape index (κ1) is 15.8.